The standard InChI is InChI=1S/C46H33N3/c1-28-15-21-35-38-23-24-44-46(45(38)29(2)40(35)25-28)39-11-5-8-14-43(39)49(44)33-20-22-34(31(26-33)27-47)30-16-18-32(19-17-30)48-41-12-6-3-9-36(41)37-10-4-7-13-42(37)48/h3-24,26,28-29H,25H2,1-2H3. The minimum absolute atomic E-state index is 0.378. The Bertz CT molecular complexity index is 2720. The van der Waals surface area contributed by atoms with Gasteiger partial charge in [0.05, 0.1) is 33.7 Å². The Morgan fingerprint density at radius 3 is 1.90 bits per heavy atom. The van der Waals surface area contributed by atoms with Crippen molar-refractivity contribution in [3.8, 4) is 28.6 Å². The first-order valence-electron chi connectivity index (χ1n) is 17.2. The molecule has 2 unspecified atom stereocenters. The summed E-state index contributed by atoms with van der Waals surface area (Å²) in [6, 6.07) is 48.0. The molecule has 0 N–H and O–H groups in total. The van der Waals surface area contributed by atoms with E-state index in [4.69, 9.17) is 0 Å². The van der Waals surface area contributed by atoms with Crippen molar-refractivity contribution in [2.75, 3.05) is 0 Å². The van der Waals surface area contributed by atoms with E-state index < -0.39 is 0 Å². The van der Waals surface area contributed by atoms with E-state index in [1.165, 1.54) is 60.3 Å². The van der Waals surface area contributed by atoms with Crippen LogP contribution in [0.4, 0.5) is 0 Å². The predicted molar refractivity (Wildman–Crippen MR) is 204 cm³/mol. The molecule has 2 aromatic heterocycles. The monoisotopic (exact) mass is 627 g/mol. The Hall–Kier alpha value is -6.11. The SMILES string of the molecule is CC1C=CC2=C(C1)C(C)c1c2ccc2c1c1ccccc1n2-c1ccc(-c2ccc(-n3c4ccccc4c4ccccc43)cc2)c(C#N)c1. The second-order valence-electron chi connectivity index (χ2n) is 13.7. The van der Waals surface area contributed by atoms with Crippen LogP contribution in [0.5, 0.6) is 0 Å². The van der Waals surface area contributed by atoms with Gasteiger partial charge in [0.1, 0.15) is 0 Å². The number of nitriles is 1. The highest BCUT2D eigenvalue weighted by Gasteiger charge is 2.32. The van der Waals surface area contributed by atoms with Gasteiger partial charge in [-0.25, -0.2) is 0 Å². The number of fused-ring (bicyclic) bond motifs is 9. The van der Waals surface area contributed by atoms with Gasteiger partial charge in [-0.15, -0.1) is 0 Å². The third kappa shape index (κ3) is 3.95. The second-order valence-corrected chi connectivity index (χ2v) is 13.7. The van der Waals surface area contributed by atoms with Crippen molar-refractivity contribution in [1.29, 1.82) is 5.26 Å². The molecular weight excluding hydrogens is 595 g/mol. The third-order valence-electron chi connectivity index (χ3n) is 11.0. The minimum atomic E-state index is 0.378. The molecule has 0 spiro atoms. The molecule has 6 aromatic carbocycles. The highest BCUT2D eigenvalue weighted by molar-refractivity contribution is 6.14. The molecule has 2 atom stereocenters. The average molecular weight is 628 g/mol. The number of para-hydroxylation sites is 3. The molecule has 0 radical (unpaired) electrons. The molecule has 232 valence electrons. The molecule has 0 amide bonds. The van der Waals surface area contributed by atoms with Crippen molar-refractivity contribution >= 4 is 49.2 Å². The fourth-order valence-corrected chi connectivity index (χ4v) is 8.80. The molecule has 0 bridgehead atoms. The van der Waals surface area contributed by atoms with E-state index >= 15 is 0 Å². The number of rotatable bonds is 3. The van der Waals surface area contributed by atoms with Gasteiger partial charge in [-0.2, -0.15) is 5.26 Å². The van der Waals surface area contributed by atoms with E-state index in [2.05, 4.69) is 169 Å². The summed E-state index contributed by atoms with van der Waals surface area (Å²) in [6.07, 6.45) is 5.83. The predicted octanol–water partition coefficient (Wildman–Crippen LogP) is 11.9. The van der Waals surface area contributed by atoms with Crippen LogP contribution in [0.3, 0.4) is 0 Å². The van der Waals surface area contributed by atoms with Crippen LogP contribution in [-0.2, 0) is 0 Å². The van der Waals surface area contributed by atoms with Crippen LogP contribution >= 0.6 is 0 Å². The first-order chi connectivity index (χ1) is 24.1. The molecule has 8 aromatic rings. The van der Waals surface area contributed by atoms with E-state index in [0.717, 1.165) is 28.9 Å². The number of aromatic nitrogens is 2. The maximum absolute atomic E-state index is 10.5. The summed E-state index contributed by atoms with van der Waals surface area (Å²) in [5.74, 6) is 0.947. The molecule has 0 saturated carbocycles. The lowest BCUT2D eigenvalue weighted by atomic mass is 9.87. The lowest BCUT2D eigenvalue weighted by Gasteiger charge is -2.18. The van der Waals surface area contributed by atoms with Gasteiger partial charge in [0, 0.05) is 38.8 Å². The van der Waals surface area contributed by atoms with Gasteiger partial charge >= 0.3 is 0 Å². The number of hydrogen-bond acceptors (Lipinski definition) is 1. The van der Waals surface area contributed by atoms with Gasteiger partial charge in [-0.1, -0.05) is 110 Å². The quantitative estimate of drug-likeness (QED) is 0.192. The molecule has 0 aliphatic heterocycles. The van der Waals surface area contributed by atoms with Crippen LogP contribution < -0.4 is 0 Å². The molecular formula is C46H33N3. The molecule has 0 saturated heterocycles. The van der Waals surface area contributed by atoms with Crippen molar-refractivity contribution in [3.05, 3.63) is 162 Å². The lowest BCUT2D eigenvalue weighted by Crippen LogP contribution is -2.02. The largest absolute Gasteiger partial charge is 0.309 e. The molecule has 2 aliphatic rings. The maximum Gasteiger partial charge on any atom is 0.0998 e. The van der Waals surface area contributed by atoms with E-state index in [-0.39, 0.29) is 0 Å². The molecule has 49 heavy (non-hydrogen) atoms. The summed E-state index contributed by atoms with van der Waals surface area (Å²) >= 11 is 0. The summed E-state index contributed by atoms with van der Waals surface area (Å²) in [5, 5.41) is 15.6. The number of nitrogens with zero attached hydrogens (tertiary/aromatic N) is 3. The summed E-state index contributed by atoms with van der Waals surface area (Å²) in [7, 11) is 0. The second kappa shape index (κ2) is 10.4. The average Bonchev–Trinajstić information content (AvgIpc) is 3.76. The lowest BCUT2D eigenvalue weighted by molar-refractivity contribution is 0.675. The van der Waals surface area contributed by atoms with Crippen molar-refractivity contribution in [3.63, 3.8) is 0 Å². The number of benzene rings is 6. The van der Waals surface area contributed by atoms with Gasteiger partial charge in [0.2, 0.25) is 0 Å². The molecule has 2 heterocycles. The van der Waals surface area contributed by atoms with E-state index in [0.29, 0.717) is 17.4 Å². The fourth-order valence-electron chi connectivity index (χ4n) is 8.80. The summed E-state index contributed by atoms with van der Waals surface area (Å²) in [6.45, 7) is 4.70. The van der Waals surface area contributed by atoms with Crippen LogP contribution in [0.25, 0.3) is 71.7 Å². The number of allylic oxidation sites excluding steroid dienone is 4. The first-order valence-corrected chi connectivity index (χ1v) is 17.2. The summed E-state index contributed by atoms with van der Waals surface area (Å²) < 4.78 is 4.68. The molecule has 0 fully saturated rings. The fraction of sp³-hybridized carbons (Fsp3) is 0.109. The Morgan fingerprint density at radius 2 is 1.20 bits per heavy atom. The molecule has 10 rings (SSSR count). The Labute approximate surface area is 285 Å². The van der Waals surface area contributed by atoms with Crippen molar-refractivity contribution < 1.29 is 0 Å². The minimum Gasteiger partial charge on any atom is -0.309 e. The zero-order valence-corrected chi connectivity index (χ0v) is 27.5. The van der Waals surface area contributed by atoms with E-state index in [9.17, 15) is 5.26 Å². The van der Waals surface area contributed by atoms with Crippen LogP contribution in [0, 0.1) is 17.2 Å². The van der Waals surface area contributed by atoms with Crippen molar-refractivity contribution in [2.45, 2.75) is 26.2 Å². The zero-order valence-electron chi connectivity index (χ0n) is 27.5. The van der Waals surface area contributed by atoms with Crippen LogP contribution in [-0.4, -0.2) is 9.13 Å². The molecule has 3 heteroatoms. The van der Waals surface area contributed by atoms with Gasteiger partial charge in [0.15, 0.2) is 0 Å². The van der Waals surface area contributed by atoms with Gasteiger partial charge in [0.25, 0.3) is 0 Å². The van der Waals surface area contributed by atoms with Gasteiger partial charge in [-0.05, 0) is 88.7 Å². The van der Waals surface area contributed by atoms with Crippen molar-refractivity contribution in [2.24, 2.45) is 5.92 Å². The van der Waals surface area contributed by atoms with Crippen molar-refractivity contribution in [1.82, 2.24) is 9.13 Å². The number of hydrogen-bond donors (Lipinski definition) is 0. The van der Waals surface area contributed by atoms with Crippen LogP contribution in [0.1, 0.15) is 42.9 Å². The Balaban J connectivity index is 1.09. The zero-order chi connectivity index (χ0) is 32.8. The van der Waals surface area contributed by atoms with Crippen LogP contribution in [0.2, 0.25) is 0 Å². The first kappa shape index (κ1) is 28.0. The molecule has 3 nitrogen and oxygen atoms in total. The highest BCUT2D eigenvalue weighted by atomic mass is 15.0. The summed E-state index contributed by atoms with van der Waals surface area (Å²) in [4.78, 5) is 0. The Morgan fingerprint density at radius 1 is 0.612 bits per heavy atom. The molecule has 2 aliphatic carbocycles. The van der Waals surface area contributed by atoms with Crippen LogP contribution in [0.15, 0.2) is 145 Å². The van der Waals surface area contributed by atoms with Gasteiger partial charge < -0.3 is 9.13 Å². The topological polar surface area (TPSA) is 33.6 Å². The Kier molecular flexibility index (Phi) is 5.96. The normalized spacial score (nSPS) is 16.9. The third-order valence-corrected chi connectivity index (χ3v) is 11.0. The highest BCUT2D eigenvalue weighted by Crippen LogP contribution is 2.51. The maximum atomic E-state index is 10.5. The van der Waals surface area contributed by atoms with Gasteiger partial charge in [-0.3, -0.25) is 0 Å². The smallest absolute Gasteiger partial charge is 0.0998 e. The summed E-state index contributed by atoms with van der Waals surface area (Å²) in [5.41, 5.74) is 15.3. The van der Waals surface area contributed by atoms with E-state index in [1.54, 1.807) is 5.57 Å². The van der Waals surface area contributed by atoms with E-state index in [1.807, 2.05) is 0 Å².